The summed E-state index contributed by atoms with van der Waals surface area (Å²) in [5.41, 5.74) is 0.732. The predicted octanol–water partition coefficient (Wildman–Crippen LogP) is 3.08. The zero-order chi connectivity index (χ0) is 20.1. The van der Waals surface area contributed by atoms with Gasteiger partial charge in [-0.25, -0.2) is 4.68 Å². The molecule has 6 nitrogen and oxygen atoms in total. The molecule has 2 aromatic rings. The maximum atomic E-state index is 12.9. The van der Waals surface area contributed by atoms with Crippen LogP contribution in [0.25, 0.3) is 10.8 Å². The van der Waals surface area contributed by atoms with Crippen molar-refractivity contribution in [1.29, 1.82) is 0 Å². The highest BCUT2D eigenvalue weighted by Crippen LogP contribution is 2.26. The van der Waals surface area contributed by atoms with E-state index < -0.39 is 0 Å². The third kappa shape index (κ3) is 5.04. The Morgan fingerprint density at radius 3 is 2.48 bits per heavy atom. The van der Waals surface area contributed by atoms with Crippen LogP contribution in [0.4, 0.5) is 0 Å². The van der Waals surface area contributed by atoms with Crippen LogP contribution in [-0.2, 0) is 17.9 Å². The quantitative estimate of drug-likeness (QED) is 0.781. The van der Waals surface area contributed by atoms with E-state index in [2.05, 4.69) is 15.3 Å². The van der Waals surface area contributed by atoms with Crippen LogP contribution in [0.5, 0.6) is 0 Å². The molecule has 6 heteroatoms. The lowest BCUT2D eigenvalue weighted by Gasteiger charge is -2.21. The van der Waals surface area contributed by atoms with Crippen molar-refractivity contribution in [3.05, 3.63) is 40.3 Å². The zero-order valence-corrected chi connectivity index (χ0v) is 17.2. The maximum Gasteiger partial charge on any atom is 0.274 e. The van der Waals surface area contributed by atoms with Gasteiger partial charge in [0.15, 0.2) is 0 Å². The molecule has 0 bridgehead atoms. The van der Waals surface area contributed by atoms with E-state index in [-0.39, 0.29) is 11.5 Å². The summed E-state index contributed by atoms with van der Waals surface area (Å²) in [6, 6.07) is 7.60. The number of fused-ring (bicyclic) bond motifs is 1. The van der Waals surface area contributed by atoms with E-state index in [1.54, 1.807) is 4.68 Å². The Kier molecular flexibility index (Phi) is 6.60. The summed E-state index contributed by atoms with van der Waals surface area (Å²) in [5.74, 6) is 0.612. The summed E-state index contributed by atoms with van der Waals surface area (Å²) in [6.45, 7) is 4.01. The van der Waals surface area contributed by atoms with Crippen molar-refractivity contribution in [2.75, 3.05) is 19.6 Å². The summed E-state index contributed by atoms with van der Waals surface area (Å²) < 4.78 is 1.59. The number of rotatable bonds is 7. The minimum absolute atomic E-state index is 0.0444. The number of nitrogens with zero attached hydrogens (tertiary/aromatic N) is 3. The molecule has 1 aromatic heterocycles. The molecule has 2 heterocycles. The standard InChI is InChI=1S/C23H32N4O2/c28-22(16-18-8-2-1-3-9-18)24-17-21-19-10-4-5-11-20(19)23(29)27(25-21)15-14-26-12-6-7-13-26/h4-5,10-11,18H,1-3,6-9,12-17H2,(H,24,28). The minimum Gasteiger partial charge on any atom is -0.350 e. The molecule has 1 aliphatic heterocycles. The second-order valence-corrected chi connectivity index (χ2v) is 8.55. The van der Waals surface area contributed by atoms with Gasteiger partial charge in [0.05, 0.1) is 24.2 Å². The van der Waals surface area contributed by atoms with Crippen molar-refractivity contribution in [3.8, 4) is 0 Å². The van der Waals surface area contributed by atoms with Gasteiger partial charge in [0, 0.05) is 18.4 Å². The normalized spacial score (nSPS) is 18.3. The second-order valence-electron chi connectivity index (χ2n) is 8.55. The average molecular weight is 397 g/mol. The summed E-state index contributed by atoms with van der Waals surface area (Å²) >= 11 is 0. The summed E-state index contributed by atoms with van der Waals surface area (Å²) in [5, 5.41) is 9.22. The molecule has 156 valence electrons. The third-order valence-corrected chi connectivity index (χ3v) is 6.42. The Labute approximate surface area is 172 Å². The largest absolute Gasteiger partial charge is 0.350 e. The van der Waals surface area contributed by atoms with Gasteiger partial charge in [-0.3, -0.25) is 9.59 Å². The van der Waals surface area contributed by atoms with Gasteiger partial charge in [0.1, 0.15) is 0 Å². The van der Waals surface area contributed by atoms with E-state index >= 15 is 0 Å². The molecule has 0 unspecified atom stereocenters. The Balaban J connectivity index is 1.47. The molecular weight excluding hydrogens is 364 g/mol. The first kappa shape index (κ1) is 20.1. The van der Waals surface area contributed by atoms with Crippen LogP contribution in [-0.4, -0.2) is 40.2 Å². The highest BCUT2D eigenvalue weighted by Gasteiger charge is 2.18. The molecule has 1 aliphatic carbocycles. The van der Waals surface area contributed by atoms with Gasteiger partial charge in [-0.2, -0.15) is 5.10 Å². The van der Waals surface area contributed by atoms with Crippen LogP contribution < -0.4 is 10.9 Å². The predicted molar refractivity (Wildman–Crippen MR) is 115 cm³/mol. The number of hydrogen-bond donors (Lipinski definition) is 1. The molecule has 4 rings (SSSR count). The zero-order valence-electron chi connectivity index (χ0n) is 17.2. The number of benzene rings is 1. The SMILES string of the molecule is O=C(CC1CCCCC1)NCc1nn(CCN2CCCC2)c(=O)c2ccccc12. The van der Waals surface area contributed by atoms with Gasteiger partial charge in [0.2, 0.25) is 5.91 Å². The van der Waals surface area contributed by atoms with Crippen LogP contribution in [0.1, 0.15) is 57.1 Å². The fourth-order valence-electron chi connectivity index (χ4n) is 4.74. The molecule has 1 N–H and O–H groups in total. The van der Waals surface area contributed by atoms with Crippen LogP contribution in [0.15, 0.2) is 29.1 Å². The van der Waals surface area contributed by atoms with E-state index in [0.29, 0.717) is 30.8 Å². The first-order valence-electron chi connectivity index (χ1n) is 11.2. The lowest BCUT2D eigenvalue weighted by atomic mass is 9.87. The molecule has 0 spiro atoms. The van der Waals surface area contributed by atoms with Gasteiger partial charge < -0.3 is 10.2 Å². The number of likely N-dealkylation sites (tertiary alicyclic amines) is 1. The molecule has 0 radical (unpaired) electrons. The molecule has 1 aromatic carbocycles. The number of carbonyl (C=O) groups is 1. The highest BCUT2D eigenvalue weighted by molar-refractivity contribution is 5.84. The van der Waals surface area contributed by atoms with Crippen LogP contribution in [0.2, 0.25) is 0 Å². The van der Waals surface area contributed by atoms with Crippen LogP contribution in [0, 0.1) is 5.92 Å². The average Bonchev–Trinajstić information content (AvgIpc) is 3.27. The molecule has 1 saturated heterocycles. The van der Waals surface area contributed by atoms with Crippen molar-refractivity contribution in [2.24, 2.45) is 5.92 Å². The lowest BCUT2D eigenvalue weighted by molar-refractivity contribution is -0.122. The molecule has 1 saturated carbocycles. The van der Waals surface area contributed by atoms with Gasteiger partial charge in [-0.15, -0.1) is 0 Å². The van der Waals surface area contributed by atoms with Gasteiger partial charge in [-0.05, 0) is 50.8 Å². The van der Waals surface area contributed by atoms with Crippen LogP contribution >= 0.6 is 0 Å². The molecular formula is C23H32N4O2. The van der Waals surface area contributed by atoms with Crippen molar-refractivity contribution >= 4 is 16.7 Å². The number of aromatic nitrogens is 2. The second kappa shape index (κ2) is 9.53. The number of nitrogens with one attached hydrogen (secondary N) is 1. The lowest BCUT2D eigenvalue weighted by Crippen LogP contribution is -2.33. The molecule has 0 atom stereocenters. The molecule has 2 aliphatic rings. The van der Waals surface area contributed by atoms with Crippen molar-refractivity contribution in [2.45, 2.75) is 64.5 Å². The monoisotopic (exact) mass is 396 g/mol. The molecule has 1 amide bonds. The first-order valence-corrected chi connectivity index (χ1v) is 11.2. The van der Waals surface area contributed by atoms with Crippen molar-refractivity contribution in [1.82, 2.24) is 20.0 Å². The van der Waals surface area contributed by atoms with E-state index in [0.717, 1.165) is 43.6 Å². The first-order chi connectivity index (χ1) is 14.2. The van der Waals surface area contributed by atoms with E-state index in [1.165, 1.54) is 32.1 Å². The van der Waals surface area contributed by atoms with Gasteiger partial charge in [-0.1, -0.05) is 37.5 Å². The smallest absolute Gasteiger partial charge is 0.274 e. The summed E-state index contributed by atoms with van der Waals surface area (Å²) in [7, 11) is 0. The van der Waals surface area contributed by atoms with E-state index in [1.807, 2.05) is 24.3 Å². The van der Waals surface area contributed by atoms with Crippen LogP contribution in [0.3, 0.4) is 0 Å². The fourth-order valence-corrected chi connectivity index (χ4v) is 4.74. The fraction of sp³-hybridized carbons (Fsp3) is 0.609. The highest BCUT2D eigenvalue weighted by atomic mass is 16.1. The molecule has 29 heavy (non-hydrogen) atoms. The Hall–Kier alpha value is -2.21. The molecule has 2 fully saturated rings. The van der Waals surface area contributed by atoms with Crippen molar-refractivity contribution < 1.29 is 4.79 Å². The Morgan fingerprint density at radius 2 is 1.72 bits per heavy atom. The number of amides is 1. The minimum atomic E-state index is -0.0444. The Morgan fingerprint density at radius 1 is 1.00 bits per heavy atom. The summed E-state index contributed by atoms with van der Waals surface area (Å²) in [6.07, 6.45) is 9.18. The summed E-state index contributed by atoms with van der Waals surface area (Å²) in [4.78, 5) is 27.7. The number of carbonyl (C=O) groups excluding carboxylic acids is 1. The Bertz CT molecular complexity index is 895. The third-order valence-electron chi connectivity index (χ3n) is 6.42. The number of hydrogen-bond acceptors (Lipinski definition) is 4. The van der Waals surface area contributed by atoms with Gasteiger partial charge in [0.25, 0.3) is 5.56 Å². The maximum absolute atomic E-state index is 12.9. The van der Waals surface area contributed by atoms with E-state index in [9.17, 15) is 9.59 Å². The topological polar surface area (TPSA) is 67.2 Å². The van der Waals surface area contributed by atoms with Crippen molar-refractivity contribution in [3.63, 3.8) is 0 Å². The van der Waals surface area contributed by atoms with Gasteiger partial charge >= 0.3 is 0 Å². The van der Waals surface area contributed by atoms with E-state index in [4.69, 9.17) is 0 Å².